The van der Waals surface area contributed by atoms with Gasteiger partial charge in [-0.2, -0.15) is 10.1 Å². The van der Waals surface area contributed by atoms with Crippen LogP contribution in [0.15, 0.2) is 18.3 Å². The van der Waals surface area contributed by atoms with Gasteiger partial charge in [0.25, 0.3) is 0 Å². The van der Waals surface area contributed by atoms with Crippen LogP contribution in [-0.4, -0.2) is 29.4 Å². The fraction of sp³-hybridized carbons (Fsp3) is 0.467. The summed E-state index contributed by atoms with van der Waals surface area (Å²) in [6.07, 6.45) is 1.99. The van der Waals surface area contributed by atoms with Crippen LogP contribution in [0.2, 0.25) is 25.7 Å². The van der Waals surface area contributed by atoms with E-state index >= 15 is 0 Å². The third kappa shape index (κ3) is 3.31. The monoisotopic (exact) mass is 318 g/mol. The van der Waals surface area contributed by atoms with Crippen molar-refractivity contribution in [2.45, 2.75) is 39.0 Å². The maximum atomic E-state index is 5.74. The van der Waals surface area contributed by atoms with Crippen molar-refractivity contribution in [2.75, 3.05) is 12.3 Å². The number of nitrogens with two attached hydrogens (primary N) is 1. The molecule has 2 aromatic heterocycles. The summed E-state index contributed by atoms with van der Waals surface area (Å²) >= 11 is 0. The molecule has 0 aliphatic carbocycles. The van der Waals surface area contributed by atoms with Crippen LogP contribution in [0.3, 0.4) is 0 Å². The number of anilines is 1. The lowest BCUT2D eigenvalue weighted by atomic mass is 10.1. The minimum Gasteiger partial charge on any atom is -0.471 e. The van der Waals surface area contributed by atoms with E-state index in [1.54, 1.807) is 6.07 Å². The molecule has 0 atom stereocenters. The first-order valence-electron chi connectivity index (χ1n) is 7.46. The Kier molecular flexibility index (Phi) is 3.92. The molecular weight excluding hydrogens is 296 g/mol. The van der Waals surface area contributed by atoms with Gasteiger partial charge in [0.05, 0.1) is 0 Å². The molecule has 0 amide bonds. The van der Waals surface area contributed by atoms with Crippen LogP contribution in [0.25, 0.3) is 11.1 Å². The smallest absolute Gasteiger partial charge is 0.223 e. The molecule has 0 saturated heterocycles. The van der Waals surface area contributed by atoms with Crippen molar-refractivity contribution in [1.82, 2.24) is 14.8 Å². The molecule has 0 saturated carbocycles. The second kappa shape index (κ2) is 5.73. The summed E-state index contributed by atoms with van der Waals surface area (Å²) in [5.41, 5.74) is 8.58. The number of nitrogens with zero attached hydrogens (tertiary/aromatic N) is 3. The molecule has 2 aromatic rings. The lowest BCUT2D eigenvalue weighted by molar-refractivity contribution is 0.0780. The highest BCUT2D eigenvalue weighted by Crippen LogP contribution is 2.35. The average Bonchev–Trinajstić information content (AvgIpc) is 2.85. The van der Waals surface area contributed by atoms with Crippen molar-refractivity contribution < 1.29 is 9.47 Å². The van der Waals surface area contributed by atoms with Crippen molar-refractivity contribution >= 4 is 13.9 Å². The Morgan fingerprint density at radius 1 is 1.32 bits per heavy atom. The minimum absolute atomic E-state index is 0.417. The summed E-state index contributed by atoms with van der Waals surface area (Å²) < 4.78 is 13.2. The van der Waals surface area contributed by atoms with Crippen LogP contribution in [0.1, 0.15) is 5.69 Å². The normalized spacial score (nSPS) is 13.4. The number of fused-ring (bicyclic) bond motifs is 3. The van der Waals surface area contributed by atoms with E-state index in [9.17, 15) is 0 Å². The highest BCUT2D eigenvalue weighted by atomic mass is 28.3. The van der Waals surface area contributed by atoms with Crippen LogP contribution in [0.5, 0.6) is 5.88 Å². The Morgan fingerprint density at radius 2 is 2.14 bits per heavy atom. The summed E-state index contributed by atoms with van der Waals surface area (Å²) in [6, 6.07) is 4.86. The van der Waals surface area contributed by atoms with Gasteiger partial charge in [0.1, 0.15) is 24.8 Å². The van der Waals surface area contributed by atoms with Crippen molar-refractivity contribution in [1.29, 1.82) is 0 Å². The molecular formula is C15H22N4O2Si. The molecule has 6 nitrogen and oxygen atoms in total. The second-order valence-corrected chi connectivity index (χ2v) is 12.4. The SMILES string of the molecule is C[Si](C)(C)CCOCn1cc2c(n1)COc1nc(N)ccc1-2. The zero-order valence-corrected chi connectivity index (χ0v) is 14.3. The van der Waals surface area contributed by atoms with Gasteiger partial charge in [0.15, 0.2) is 0 Å². The van der Waals surface area contributed by atoms with Crippen LogP contribution >= 0.6 is 0 Å². The van der Waals surface area contributed by atoms with Gasteiger partial charge < -0.3 is 15.2 Å². The Bertz CT molecular complexity index is 679. The fourth-order valence-corrected chi connectivity index (χ4v) is 3.06. The number of hydrogen-bond donors (Lipinski definition) is 1. The molecule has 1 aliphatic heterocycles. The Morgan fingerprint density at radius 3 is 2.91 bits per heavy atom. The molecule has 0 fully saturated rings. The molecule has 1 aliphatic rings. The molecule has 3 rings (SSSR count). The molecule has 0 spiro atoms. The van der Waals surface area contributed by atoms with Crippen LogP contribution in [0, 0.1) is 0 Å². The standard InChI is InChI=1S/C15H22N4O2Si/c1-22(2,3)7-6-20-10-19-8-12-11-4-5-14(16)17-15(11)21-9-13(12)18-19/h4-5,8H,6-7,9-10H2,1-3H3,(H2,16,17). The highest BCUT2D eigenvalue weighted by molar-refractivity contribution is 6.76. The summed E-state index contributed by atoms with van der Waals surface area (Å²) in [7, 11) is -1.05. The lowest BCUT2D eigenvalue weighted by Gasteiger charge is -2.15. The van der Waals surface area contributed by atoms with Crippen molar-refractivity contribution in [2.24, 2.45) is 0 Å². The number of ether oxygens (including phenoxy) is 2. The van der Waals surface area contributed by atoms with Gasteiger partial charge in [-0.15, -0.1) is 0 Å². The summed E-state index contributed by atoms with van der Waals surface area (Å²) in [5, 5.41) is 4.53. The van der Waals surface area contributed by atoms with E-state index in [0.717, 1.165) is 29.5 Å². The third-order valence-corrected chi connectivity index (χ3v) is 5.28. The Hall–Kier alpha value is -1.86. The predicted octanol–water partition coefficient (Wildman–Crippen LogP) is 2.73. The quantitative estimate of drug-likeness (QED) is 0.677. The van der Waals surface area contributed by atoms with Gasteiger partial charge in [-0.25, -0.2) is 4.68 Å². The number of aromatic nitrogens is 3. The van der Waals surface area contributed by atoms with E-state index in [2.05, 4.69) is 29.7 Å². The predicted molar refractivity (Wildman–Crippen MR) is 88.3 cm³/mol. The summed E-state index contributed by atoms with van der Waals surface area (Å²) in [5.74, 6) is 1.04. The zero-order valence-electron chi connectivity index (χ0n) is 13.3. The topological polar surface area (TPSA) is 75.2 Å². The molecule has 3 heterocycles. The van der Waals surface area contributed by atoms with Gasteiger partial charge in [0, 0.05) is 32.0 Å². The minimum atomic E-state index is -1.05. The van der Waals surface area contributed by atoms with E-state index in [1.807, 2.05) is 16.9 Å². The first-order chi connectivity index (χ1) is 10.4. The Balaban J connectivity index is 1.69. The van der Waals surface area contributed by atoms with E-state index in [1.165, 1.54) is 0 Å². The van der Waals surface area contributed by atoms with Gasteiger partial charge in [-0.3, -0.25) is 0 Å². The summed E-state index contributed by atoms with van der Waals surface area (Å²) in [6.45, 7) is 8.70. The van der Waals surface area contributed by atoms with Crippen LogP contribution < -0.4 is 10.5 Å². The average molecular weight is 318 g/mol. The number of hydrogen-bond acceptors (Lipinski definition) is 5. The molecule has 0 aromatic carbocycles. The van der Waals surface area contributed by atoms with Gasteiger partial charge in [0.2, 0.25) is 5.88 Å². The first-order valence-corrected chi connectivity index (χ1v) is 11.2. The fourth-order valence-electron chi connectivity index (χ4n) is 2.30. The van der Waals surface area contributed by atoms with E-state index in [0.29, 0.717) is 25.0 Å². The van der Waals surface area contributed by atoms with E-state index in [4.69, 9.17) is 15.2 Å². The summed E-state index contributed by atoms with van der Waals surface area (Å²) in [4.78, 5) is 4.22. The maximum absolute atomic E-state index is 5.74. The first kappa shape index (κ1) is 15.0. The van der Waals surface area contributed by atoms with E-state index in [-0.39, 0.29) is 0 Å². The van der Waals surface area contributed by atoms with Gasteiger partial charge in [-0.05, 0) is 18.2 Å². The Labute approximate surface area is 131 Å². The zero-order chi connectivity index (χ0) is 15.7. The molecule has 0 bridgehead atoms. The number of rotatable bonds is 5. The lowest BCUT2D eigenvalue weighted by Crippen LogP contribution is -2.22. The van der Waals surface area contributed by atoms with Crippen LogP contribution in [0.4, 0.5) is 5.82 Å². The second-order valence-electron chi connectivity index (χ2n) is 6.75. The molecule has 7 heteroatoms. The molecule has 22 heavy (non-hydrogen) atoms. The number of pyridine rings is 1. The molecule has 2 N–H and O–H groups in total. The maximum Gasteiger partial charge on any atom is 0.223 e. The highest BCUT2D eigenvalue weighted by Gasteiger charge is 2.22. The molecule has 118 valence electrons. The van der Waals surface area contributed by atoms with Crippen molar-refractivity contribution in [3.63, 3.8) is 0 Å². The van der Waals surface area contributed by atoms with Crippen LogP contribution in [-0.2, 0) is 18.1 Å². The number of nitrogen functional groups attached to an aromatic ring is 1. The molecule has 0 radical (unpaired) electrons. The van der Waals surface area contributed by atoms with E-state index < -0.39 is 8.07 Å². The van der Waals surface area contributed by atoms with Crippen molar-refractivity contribution in [3.05, 3.63) is 24.0 Å². The van der Waals surface area contributed by atoms with Crippen molar-refractivity contribution in [3.8, 4) is 17.0 Å². The van der Waals surface area contributed by atoms with Gasteiger partial charge in [-0.1, -0.05) is 19.6 Å². The third-order valence-electron chi connectivity index (χ3n) is 3.58. The largest absolute Gasteiger partial charge is 0.471 e. The molecule has 0 unspecified atom stereocenters. The van der Waals surface area contributed by atoms with Gasteiger partial charge >= 0.3 is 0 Å².